The number of aliphatic hydroxyl groups excluding tert-OH is 1. The molecule has 0 aromatic carbocycles. The van der Waals surface area contributed by atoms with Crippen LogP contribution in [0, 0.1) is 0 Å². The zero-order valence-corrected chi connectivity index (χ0v) is 7.62. The van der Waals surface area contributed by atoms with E-state index in [-0.39, 0.29) is 19.6 Å². The average molecular weight is 190 g/mol. The van der Waals surface area contributed by atoms with Gasteiger partial charge in [-0.15, -0.1) is 0 Å². The first-order valence-electron chi connectivity index (χ1n) is 4.04. The zero-order chi connectivity index (χ0) is 10.1. The second kappa shape index (κ2) is 7.54. The molecule has 0 aliphatic heterocycles. The molecule has 0 radical (unpaired) electrons. The number of carbonyl (C=O) groups is 2. The SMILES string of the molecule is COC(=O)CC(=O)OCCCCO. The van der Waals surface area contributed by atoms with Gasteiger partial charge in [0.15, 0.2) is 0 Å². The first-order valence-corrected chi connectivity index (χ1v) is 4.04. The molecule has 13 heavy (non-hydrogen) atoms. The fraction of sp³-hybridized carbons (Fsp3) is 0.750. The number of aliphatic hydroxyl groups is 1. The Morgan fingerprint density at radius 2 is 1.92 bits per heavy atom. The molecule has 0 aromatic rings. The highest BCUT2D eigenvalue weighted by Gasteiger charge is 2.09. The summed E-state index contributed by atoms with van der Waals surface area (Å²) in [4.78, 5) is 21.3. The summed E-state index contributed by atoms with van der Waals surface area (Å²) in [6, 6.07) is 0. The van der Waals surface area contributed by atoms with Gasteiger partial charge in [-0.05, 0) is 12.8 Å². The van der Waals surface area contributed by atoms with Crippen molar-refractivity contribution >= 4 is 11.9 Å². The maximum Gasteiger partial charge on any atom is 0.317 e. The van der Waals surface area contributed by atoms with Crippen molar-refractivity contribution in [3.63, 3.8) is 0 Å². The van der Waals surface area contributed by atoms with E-state index in [2.05, 4.69) is 9.47 Å². The van der Waals surface area contributed by atoms with Crippen LogP contribution in [0.5, 0.6) is 0 Å². The second-order valence-corrected chi connectivity index (χ2v) is 2.40. The predicted octanol–water partition coefficient (Wildman–Crippen LogP) is -0.135. The Labute approximate surface area is 76.6 Å². The van der Waals surface area contributed by atoms with E-state index < -0.39 is 11.9 Å². The Kier molecular flexibility index (Phi) is 6.91. The van der Waals surface area contributed by atoms with Crippen LogP contribution in [0.1, 0.15) is 19.3 Å². The molecular formula is C8H14O5. The molecule has 1 N–H and O–H groups in total. The highest BCUT2D eigenvalue weighted by atomic mass is 16.5. The number of methoxy groups -OCH3 is 1. The summed E-state index contributed by atoms with van der Waals surface area (Å²) in [5.41, 5.74) is 0. The van der Waals surface area contributed by atoms with Crippen LogP contribution >= 0.6 is 0 Å². The lowest BCUT2D eigenvalue weighted by Gasteiger charge is -2.02. The van der Waals surface area contributed by atoms with E-state index in [0.717, 1.165) is 0 Å². The van der Waals surface area contributed by atoms with Crippen LogP contribution in [0.3, 0.4) is 0 Å². The van der Waals surface area contributed by atoms with E-state index in [1.54, 1.807) is 0 Å². The molecular weight excluding hydrogens is 176 g/mol. The van der Waals surface area contributed by atoms with E-state index in [0.29, 0.717) is 12.8 Å². The van der Waals surface area contributed by atoms with Gasteiger partial charge < -0.3 is 14.6 Å². The van der Waals surface area contributed by atoms with Crippen LogP contribution in [-0.4, -0.2) is 37.4 Å². The molecule has 5 heteroatoms. The monoisotopic (exact) mass is 190 g/mol. The van der Waals surface area contributed by atoms with Crippen molar-refractivity contribution in [3.8, 4) is 0 Å². The summed E-state index contributed by atoms with van der Waals surface area (Å²) >= 11 is 0. The predicted molar refractivity (Wildman–Crippen MR) is 43.9 cm³/mol. The standard InChI is InChI=1S/C8H14O5/c1-12-7(10)6-8(11)13-5-3-2-4-9/h9H,2-6H2,1H3. The number of ether oxygens (including phenoxy) is 2. The van der Waals surface area contributed by atoms with Crippen LogP contribution in [-0.2, 0) is 19.1 Å². The van der Waals surface area contributed by atoms with Gasteiger partial charge in [0.1, 0.15) is 6.42 Å². The van der Waals surface area contributed by atoms with Crippen LogP contribution in [0.2, 0.25) is 0 Å². The highest BCUT2D eigenvalue weighted by Crippen LogP contribution is 1.93. The number of unbranched alkanes of at least 4 members (excludes halogenated alkanes) is 1. The lowest BCUT2D eigenvalue weighted by Crippen LogP contribution is -2.13. The second-order valence-electron chi connectivity index (χ2n) is 2.40. The molecule has 5 nitrogen and oxygen atoms in total. The first kappa shape index (κ1) is 11.9. The van der Waals surface area contributed by atoms with Gasteiger partial charge in [-0.3, -0.25) is 9.59 Å². The van der Waals surface area contributed by atoms with Crippen LogP contribution in [0.15, 0.2) is 0 Å². The van der Waals surface area contributed by atoms with Crippen molar-refractivity contribution < 1.29 is 24.2 Å². The Hall–Kier alpha value is -1.10. The zero-order valence-electron chi connectivity index (χ0n) is 7.62. The Morgan fingerprint density at radius 3 is 2.46 bits per heavy atom. The van der Waals surface area contributed by atoms with Gasteiger partial charge in [-0.25, -0.2) is 0 Å². The van der Waals surface area contributed by atoms with E-state index in [1.165, 1.54) is 7.11 Å². The molecule has 76 valence electrons. The number of hydrogen-bond donors (Lipinski definition) is 1. The Morgan fingerprint density at radius 1 is 1.23 bits per heavy atom. The van der Waals surface area contributed by atoms with E-state index in [9.17, 15) is 9.59 Å². The van der Waals surface area contributed by atoms with Crippen molar-refractivity contribution in [3.05, 3.63) is 0 Å². The lowest BCUT2D eigenvalue weighted by atomic mass is 10.3. The number of hydrogen-bond acceptors (Lipinski definition) is 5. The minimum Gasteiger partial charge on any atom is -0.469 e. The largest absolute Gasteiger partial charge is 0.469 e. The summed E-state index contributed by atoms with van der Waals surface area (Å²) in [6.45, 7) is 0.310. The van der Waals surface area contributed by atoms with E-state index in [1.807, 2.05) is 0 Å². The van der Waals surface area contributed by atoms with Crippen molar-refractivity contribution in [2.24, 2.45) is 0 Å². The molecule has 0 rings (SSSR count). The maximum atomic E-state index is 10.8. The van der Waals surface area contributed by atoms with Crippen LogP contribution < -0.4 is 0 Å². The molecule has 0 amide bonds. The molecule has 0 aromatic heterocycles. The Bertz CT molecular complexity index is 166. The van der Waals surface area contributed by atoms with Gasteiger partial charge in [-0.2, -0.15) is 0 Å². The molecule has 0 heterocycles. The third kappa shape index (κ3) is 7.27. The van der Waals surface area contributed by atoms with Crippen molar-refractivity contribution in [2.45, 2.75) is 19.3 Å². The summed E-state index contributed by atoms with van der Waals surface area (Å²) < 4.78 is 8.93. The van der Waals surface area contributed by atoms with Gasteiger partial charge in [0.25, 0.3) is 0 Å². The summed E-state index contributed by atoms with van der Waals surface area (Å²) in [5, 5.41) is 8.40. The van der Waals surface area contributed by atoms with Gasteiger partial charge >= 0.3 is 11.9 Å². The van der Waals surface area contributed by atoms with Gasteiger partial charge in [0.05, 0.1) is 13.7 Å². The fourth-order valence-corrected chi connectivity index (χ4v) is 0.641. The van der Waals surface area contributed by atoms with Crippen LogP contribution in [0.4, 0.5) is 0 Å². The fourth-order valence-electron chi connectivity index (χ4n) is 0.641. The Balaban J connectivity index is 3.35. The van der Waals surface area contributed by atoms with Gasteiger partial charge in [0.2, 0.25) is 0 Å². The number of carbonyl (C=O) groups excluding carboxylic acids is 2. The summed E-state index contributed by atoms with van der Waals surface area (Å²) in [7, 11) is 1.21. The summed E-state index contributed by atoms with van der Waals surface area (Å²) in [6.07, 6.45) is 0.838. The van der Waals surface area contributed by atoms with Gasteiger partial charge in [0, 0.05) is 6.61 Å². The average Bonchev–Trinajstić information content (AvgIpc) is 2.12. The topological polar surface area (TPSA) is 72.8 Å². The van der Waals surface area contributed by atoms with Gasteiger partial charge in [-0.1, -0.05) is 0 Å². The maximum absolute atomic E-state index is 10.8. The molecule has 0 unspecified atom stereocenters. The van der Waals surface area contributed by atoms with Crippen LogP contribution in [0.25, 0.3) is 0 Å². The number of rotatable bonds is 6. The third-order valence-corrected chi connectivity index (χ3v) is 1.33. The molecule has 0 fully saturated rings. The molecule has 0 aliphatic carbocycles. The molecule has 0 atom stereocenters. The molecule has 0 aliphatic rings. The van der Waals surface area contributed by atoms with E-state index >= 15 is 0 Å². The summed E-state index contributed by atoms with van der Waals surface area (Å²) in [5.74, 6) is -1.20. The minimum absolute atomic E-state index is 0.0779. The molecule has 0 saturated carbocycles. The highest BCUT2D eigenvalue weighted by molar-refractivity contribution is 5.91. The molecule has 0 spiro atoms. The minimum atomic E-state index is -0.604. The van der Waals surface area contributed by atoms with Crippen molar-refractivity contribution in [1.29, 1.82) is 0 Å². The molecule has 0 saturated heterocycles. The lowest BCUT2D eigenvalue weighted by molar-refractivity contribution is -0.153. The number of esters is 2. The smallest absolute Gasteiger partial charge is 0.317 e. The van der Waals surface area contributed by atoms with E-state index in [4.69, 9.17) is 5.11 Å². The van der Waals surface area contributed by atoms with Crippen molar-refractivity contribution in [2.75, 3.05) is 20.3 Å². The quantitative estimate of drug-likeness (QED) is 0.358. The first-order chi connectivity index (χ1) is 6.20. The normalized spacial score (nSPS) is 9.38. The van der Waals surface area contributed by atoms with Crippen molar-refractivity contribution in [1.82, 2.24) is 0 Å². The third-order valence-electron chi connectivity index (χ3n) is 1.33. The molecule has 0 bridgehead atoms.